The molecule has 29 heavy (non-hydrogen) atoms. The minimum Gasteiger partial charge on any atom is -0.435 e. The van der Waals surface area contributed by atoms with Crippen LogP contribution in [0.15, 0.2) is 24.4 Å². The van der Waals surface area contributed by atoms with Crippen LogP contribution in [0.2, 0.25) is 0 Å². The summed E-state index contributed by atoms with van der Waals surface area (Å²) in [5.41, 5.74) is 1.89. The molecule has 8 heteroatoms. The highest BCUT2D eigenvalue weighted by Crippen LogP contribution is 2.35. The number of fused-ring (bicyclic) bond motifs is 1. The van der Waals surface area contributed by atoms with E-state index in [1.165, 1.54) is 6.07 Å². The Hall–Kier alpha value is -2.50. The fraction of sp³-hybridized carbons (Fsp3) is 0.524. The Morgan fingerprint density at radius 1 is 1.28 bits per heavy atom. The van der Waals surface area contributed by atoms with Gasteiger partial charge in [-0.25, -0.2) is 0 Å². The Morgan fingerprint density at radius 3 is 2.86 bits per heavy atom. The zero-order valence-electron chi connectivity index (χ0n) is 16.2. The van der Waals surface area contributed by atoms with Gasteiger partial charge in [-0.2, -0.15) is 14.0 Å². The molecule has 2 aliphatic rings. The number of piperidine rings is 1. The van der Waals surface area contributed by atoms with Crippen molar-refractivity contribution < 1.29 is 18.3 Å². The third-order valence-corrected chi connectivity index (χ3v) is 5.61. The number of halogens is 2. The fourth-order valence-corrected chi connectivity index (χ4v) is 4.32. The molecule has 2 aliphatic heterocycles. The summed E-state index contributed by atoms with van der Waals surface area (Å²) in [6, 6.07) is 6.93. The number of alkyl halides is 2. The molecule has 0 amide bonds. The van der Waals surface area contributed by atoms with Crippen LogP contribution in [0.1, 0.15) is 18.4 Å². The third-order valence-electron chi connectivity index (χ3n) is 5.61. The van der Waals surface area contributed by atoms with E-state index in [0.29, 0.717) is 22.4 Å². The predicted molar refractivity (Wildman–Crippen MR) is 105 cm³/mol. The van der Waals surface area contributed by atoms with Crippen molar-refractivity contribution in [1.29, 1.82) is 5.26 Å². The molecule has 2 aromatic rings. The van der Waals surface area contributed by atoms with E-state index in [1.807, 2.05) is 0 Å². The van der Waals surface area contributed by atoms with Crippen molar-refractivity contribution in [2.75, 3.05) is 50.8 Å². The van der Waals surface area contributed by atoms with Gasteiger partial charge in [0.25, 0.3) is 0 Å². The molecule has 1 unspecified atom stereocenters. The molecule has 0 spiro atoms. The average Bonchev–Trinajstić information content (AvgIpc) is 2.73. The maximum Gasteiger partial charge on any atom is 0.387 e. The molecule has 0 N–H and O–H groups in total. The Balaban J connectivity index is 1.62. The first-order valence-electron chi connectivity index (χ1n) is 9.97. The van der Waals surface area contributed by atoms with Gasteiger partial charge in [-0.1, -0.05) is 0 Å². The largest absolute Gasteiger partial charge is 0.435 e. The van der Waals surface area contributed by atoms with E-state index in [0.717, 1.165) is 64.5 Å². The first-order valence-corrected chi connectivity index (χ1v) is 9.97. The van der Waals surface area contributed by atoms with Crippen LogP contribution >= 0.6 is 0 Å². The predicted octanol–water partition coefficient (Wildman–Crippen LogP) is 3.26. The molecule has 0 radical (unpaired) electrons. The molecule has 0 bridgehead atoms. The molecular weight excluding hydrogens is 378 g/mol. The number of nitrogens with zero attached hydrogens (tertiary/aromatic N) is 4. The molecule has 1 aromatic heterocycles. The van der Waals surface area contributed by atoms with Crippen molar-refractivity contribution in [2.45, 2.75) is 19.5 Å². The molecule has 1 atom stereocenters. The molecule has 2 fully saturated rings. The minimum absolute atomic E-state index is 0.0764. The number of anilines is 1. The summed E-state index contributed by atoms with van der Waals surface area (Å²) in [4.78, 5) is 8.97. The van der Waals surface area contributed by atoms with Crippen LogP contribution in [0.4, 0.5) is 14.5 Å². The summed E-state index contributed by atoms with van der Waals surface area (Å²) in [5, 5.41) is 10.3. The Bertz CT molecular complexity index is 896. The highest BCUT2D eigenvalue weighted by molar-refractivity contribution is 5.95. The van der Waals surface area contributed by atoms with Crippen LogP contribution in [0.5, 0.6) is 5.75 Å². The van der Waals surface area contributed by atoms with Gasteiger partial charge < -0.3 is 14.4 Å². The van der Waals surface area contributed by atoms with Gasteiger partial charge in [-0.3, -0.25) is 9.88 Å². The minimum atomic E-state index is -2.89. The molecule has 0 saturated carbocycles. The molecular formula is C21H24F2N4O2. The van der Waals surface area contributed by atoms with Crippen molar-refractivity contribution in [3.05, 3.63) is 30.0 Å². The highest BCUT2D eigenvalue weighted by Gasteiger charge is 2.26. The Kier molecular flexibility index (Phi) is 6.07. The molecule has 1 aromatic carbocycles. The summed E-state index contributed by atoms with van der Waals surface area (Å²) in [6.45, 7) is 3.21. The van der Waals surface area contributed by atoms with Gasteiger partial charge in [0.2, 0.25) is 0 Å². The number of hydrogen-bond donors (Lipinski definition) is 0. The number of hydrogen-bond acceptors (Lipinski definition) is 6. The SMILES string of the molecule is N#Cc1cnc2ccc(OC(F)F)cc2c1N1CCCC(CN2CCOCC2)C1. The molecule has 0 aliphatic carbocycles. The number of nitriles is 1. The molecule has 4 rings (SSSR count). The third kappa shape index (κ3) is 4.57. The second-order valence-electron chi connectivity index (χ2n) is 7.56. The first kappa shape index (κ1) is 19.8. The first-order chi connectivity index (χ1) is 14.1. The monoisotopic (exact) mass is 402 g/mol. The molecule has 154 valence electrons. The zero-order chi connectivity index (χ0) is 20.2. The van der Waals surface area contributed by atoms with Crippen molar-refractivity contribution in [2.24, 2.45) is 5.92 Å². The van der Waals surface area contributed by atoms with Crippen molar-refractivity contribution >= 4 is 16.6 Å². The lowest BCUT2D eigenvalue weighted by Crippen LogP contribution is -2.44. The molecule has 2 saturated heterocycles. The van der Waals surface area contributed by atoms with Crippen LogP contribution in [0, 0.1) is 17.2 Å². The van der Waals surface area contributed by atoms with Crippen molar-refractivity contribution in [3.8, 4) is 11.8 Å². The number of benzene rings is 1. The number of aromatic nitrogens is 1. The van der Waals surface area contributed by atoms with Gasteiger partial charge in [-0.15, -0.1) is 0 Å². The number of ether oxygens (including phenoxy) is 2. The number of pyridine rings is 1. The van der Waals surface area contributed by atoms with E-state index in [-0.39, 0.29) is 5.75 Å². The summed E-state index contributed by atoms with van der Waals surface area (Å²) in [7, 11) is 0. The fourth-order valence-electron chi connectivity index (χ4n) is 4.32. The summed E-state index contributed by atoms with van der Waals surface area (Å²) in [6.07, 6.45) is 3.73. The average molecular weight is 402 g/mol. The summed E-state index contributed by atoms with van der Waals surface area (Å²) >= 11 is 0. The maximum absolute atomic E-state index is 12.7. The smallest absolute Gasteiger partial charge is 0.387 e. The van der Waals surface area contributed by atoms with Gasteiger partial charge in [0.15, 0.2) is 0 Å². The van der Waals surface area contributed by atoms with E-state index < -0.39 is 6.61 Å². The van der Waals surface area contributed by atoms with E-state index in [9.17, 15) is 14.0 Å². The van der Waals surface area contributed by atoms with Gasteiger partial charge >= 0.3 is 6.61 Å². The van der Waals surface area contributed by atoms with Crippen LogP contribution in [0.3, 0.4) is 0 Å². The maximum atomic E-state index is 12.7. The molecule has 6 nitrogen and oxygen atoms in total. The Labute approximate surface area is 168 Å². The highest BCUT2D eigenvalue weighted by atomic mass is 19.3. The second-order valence-corrected chi connectivity index (χ2v) is 7.56. The molecule has 3 heterocycles. The standard InChI is InChI=1S/C21H24F2N4O2/c22-21(23)29-17-3-4-19-18(10-17)20(16(11-24)12-25-19)27-5-1-2-15(14-27)13-26-6-8-28-9-7-26/h3-4,10,12,15,21H,1-2,5-9,13-14H2. The van der Waals surface area contributed by atoms with Crippen LogP contribution in [-0.4, -0.2) is 62.4 Å². The van der Waals surface area contributed by atoms with Gasteiger partial charge in [0.1, 0.15) is 11.8 Å². The van der Waals surface area contributed by atoms with Gasteiger partial charge in [-0.05, 0) is 37.0 Å². The van der Waals surface area contributed by atoms with Crippen LogP contribution < -0.4 is 9.64 Å². The zero-order valence-corrected chi connectivity index (χ0v) is 16.2. The quantitative estimate of drug-likeness (QED) is 0.765. The van der Waals surface area contributed by atoms with Crippen molar-refractivity contribution in [3.63, 3.8) is 0 Å². The second kappa shape index (κ2) is 8.89. The lowest BCUT2D eigenvalue weighted by Gasteiger charge is -2.38. The number of rotatable bonds is 5. The van der Waals surface area contributed by atoms with Crippen LogP contribution in [0.25, 0.3) is 10.9 Å². The van der Waals surface area contributed by atoms with E-state index in [2.05, 4.69) is 25.6 Å². The van der Waals surface area contributed by atoms with Crippen LogP contribution in [-0.2, 0) is 4.74 Å². The summed E-state index contributed by atoms with van der Waals surface area (Å²) in [5.74, 6) is 0.560. The van der Waals surface area contributed by atoms with Crippen molar-refractivity contribution in [1.82, 2.24) is 9.88 Å². The lowest BCUT2D eigenvalue weighted by atomic mass is 9.95. The lowest BCUT2D eigenvalue weighted by molar-refractivity contribution is -0.0497. The Morgan fingerprint density at radius 2 is 2.10 bits per heavy atom. The van der Waals surface area contributed by atoms with E-state index >= 15 is 0 Å². The van der Waals surface area contributed by atoms with E-state index in [4.69, 9.17) is 4.74 Å². The topological polar surface area (TPSA) is 61.6 Å². The van der Waals surface area contributed by atoms with Gasteiger partial charge in [0.05, 0.1) is 30.0 Å². The van der Waals surface area contributed by atoms with E-state index in [1.54, 1.807) is 18.3 Å². The van der Waals surface area contributed by atoms with Gasteiger partial charge in [0, 0.05) is 44.3 Å². The summed E-state index contributed by atoms with van der Waals surface area (Å²) < 4.78 is 35.4. The number of morpholine rings is 1. The normalized spacial score (nSPS) is 20.8.